The Kier molecular flexibility index (Phi) is 7.92. The number of nitrogens with zero attached hydrogens (tertiary/aromatic N) is 1. The van der Waals surface area contributed by atoms with Crippen LogP contribution in [0.1, 0.15) is 43.2 Å². The molecule has 31 heavy (non-hydrogen) atoms. The van der Waals surface area contributed by atoms with E-state index in [1.54, 1.807) is 12.1 Å². The molecule has 0 saturated heterocycles. The van der Waals surface area contributed by atoms with Gasteiger partial charge in [-0.15, -0.1) is 0 Å². The quantitative estimate of drug-likeness (QED) is 0.473. The van der Waals surface area contributed by atoms with E-state index in [9.17, 15) is 4.79 Å². The predicted octanol–water partition coefficient (Wildman–Crippen LogP) is 4.86. The molecule has 3 rings (SSSR count). The van der Waals surface area contributed by atoms with Crippen molar-refractivity contribution >= 4 is 5.91 Å². The summed E-state index contributed by atoms with van der Waals surface area (Å²) in [7, 11) is 0. The lowest BCUT2D eigenvalue weighted by atomic mass is 10.2. The van der Waals surface area contributed by atoms with E-state index in [2.05, 4.69) is 10.3 Å². The topological polar surface area (TPSA) is 82.8 Å². The zero-order valence-electron chi connectivity index (χ0n) is 18.1. The first-order valence-electron chi connectivity index (χ1n) is 10.5. The normalized spacial score (nSPS) is 10.5. The Morgan fingerprint density at radius 1 is 0.968 bits per heavy atom. The SMILES string of the molecule is CCCOc1ccccc1C(=O)NCc1coc(-c2ccc(OCC)c(OCC)c2)n1. The van der Waals surface area contributed by atoms with Gasteiger partial charge in [0, 0.05) is 5.56 Å². The molecule has 1 amide bonds. The Hall–Kier alpha value is -3.48. The molecule has 0 bridgehead atoms. The molecule has 0 aliphatic carbocycles. The predicted molar refractivity (Wildman–Crippen MR) is 118 cm³/mol. The minimum absolute atomic E-state index is 0.226. The molecule has 1 N–H and O–H groups in total. The number of para-hydroxylation sites is 1. The third kappa shape index (κ3) is 5.78. The fraction of sp³-hybridized carbons (Fsp3) is 0.333. The molecule has 0 fully saturated rings. The number of amides is 1. The van der Waals surface area contributed by atoms with E-state index in [0.717, 1.165) is 12.0 Å². The maximum Gasteiger partial charge on any atom is 0.255 e. The highest BCUT2D eigenvalue weighted by atomic mass is 16.5. The highest BCUT2D eigenvalue weighted by molar-refractivity contribution is 5.96. The van der Waals surface area contributed by atoms with Crippen molar-refractivity contribution in [2.24, 2.45) is 0 Å². The maximum absolute atomic E-state index is 12.6. The number of nitrogens with one attached hydrogen (secondary N) is 1. The van der Waals surface area contributed by atoms with Crippen molar-refractivity contribution in [1.82, 2.24) is 10.3 Å². The van der Waals surface area contributed by atoms with Crippen LogP contribution in [0.4, 0.5) is 0 Å². The molecule has 0 radical (unpaired) electrons. The highest BCUT2D eigenvalue weighted by Gasteiger charge is 2.15. The number of aromatic nitrogens is 1. The summed E-state index contributed by atoms with van der Waals surface area (Å²) in [6, 6.07) is 12.7. The van der Waals surface area contributed by atoms with Crippen LogP contribution in [0.3, 0.4) is 0 Å². The number of hydrogen-bond acceptors (Lipinski definition) is 6. The summed E-state index contributed by atoms with van der Waals surface area (Å²) in [5, 5.41) is 2.87. The van der Waals surface area contributed by atoms with Gasteiger partial charge in [0.05, 0.1) is 37.6 Å². The van der Waals surface area contributed by atoms with E-state index in [1.165, 1.54) is 6.26 Å². The zero-order chi connectivity index (χ0) is 22.1. The zero-order valence-corrected chi connectivity index (χ0v) is 18.1. The van der Waals surface area contributed by atoms with Crippen molar-refractivity contribution in [2.75, 3.05) is 19.8 Å². The van der Waals surface area contributed by atoms with Gasteiger partial charge in [-0.25, -0.2) is 4.98 Å². The summed E-state index contributed by atoms with van der Waals surface area (Å²) in [4.78, 5) is 17.1. The Bertz CT molecular complexity index is 999. The van der Waals surface area contributed by atoms with E-state index >= 15 is 0 Å². The molecule has 0 atom stereocenters. The van der Waals surface area contributed by atoms with Crippen molar-refractivity contribution < 1.29 is 23.4 Å². The maximum atomic E-state index is 12.6. The Morgan fingerprint density at radius 2 is 1.74 bits per heavy atom. The first-order valence-corrected chi connectivity index (χ1v) is 10.5. The number of oxazole rings is 1. The summed E-state index contributed by atoms with van der Waals surface area (Å²) >= 11 is 0. The molecule has 1 aromatic heterocycles. The molecule has 1 heterocycles. The largest absolute Gasteiger partial charge is 0.493 e. The monoisotopic (exact) mass is 424 g/mol. The summed E-state index contributed by atoms with van der Waals surface area (Å²) in [6.07, 6.45) is 2.40. The van der Waals surface area contributed by atoms with Gasteiger partial charge >= 0.3 is 0 Å². The van der Waals surface area contributed by atoms with Crippen LogP contribution >= 0.6 is 0 Å². The van der Waals surface area contributed by atoms with Crippen LogP contribution in [0.15, 0.2) is 53.1 Å². The average Bonchev–Trinajstić information content (AvgIpc) is 3.27. The smallest absolute Gasteiger partial charge is 0.255 e. The van der Waals surface area contributed by atoms with E-state index in [0.29, 0.717) is 54.2 Å². The molecular formula is C24H28N2O5. The second kappa shape index (κ2) is 11.1. The fourth-order valence-electron chi connectivity index (χ4n) is 2.96. The third-order valence-electron chi connectivity index (χ3n) is 4.37. The van der Waals surface area contributed by atoms with E-state index in [1.807, 2.05) is 51.1 Å². The molecule has 0 unspecified atom stereocenters. The highest BCUT2D eigenvalue weighted by Crippen LogP contribution is 2.32. The van der Waals surface area contributed by atoms with Crippen molar-refractivity contribution in [3.8, 4) is 28.7 Å². The number of rotatable bonds is 11. The number of carbonyl (C=O) groups is 1. The van der Waals surface area contributed by atoms with Gasteiger partial charge in [0.25, 0.3) is 5.91 Å². The molecule has 2 aromatic carbocycles. The lowest BCUT2D eigenvalue weighted by Gasteiger charge is -2.11. The van der Waals surface area contributed by atoms with Gasteiger partial charge in [-0.05, 0) is 50.6 Å². The van der Waals surface area contributed by atoms with Gasteiger partial charge < -0.3 is 23.9 Å². The van der Waals surface area contributed by atoms with Crippen molar-refractivity contribution in [1.29, 1.82) is 0 Å². The van der Waals surface area contributed by atoms with Crippen LogP contribution in [-0.2, 0) is 6.54 Å². The van der Waals surface area contributed by atoms with Crippen LogP contribution in [0, 0.1) is 0 Å². The summed E-state index contributed by atoms with van der Waals surface area (Å²) in [5.41, 5.74) is 1.87. The van der Waals surface area contributed by atoms with Gasteiger partial charge in [-0.1, -0.05) is 19.1 Å². The Morgan fingerprint density at radius 3 is 2.52 bits per heavy atom. The summed E-state index contributed by atoms with van der Waals surface area (Å²) < 4.78 is 22.5. The van der Waals surface area contributed by atoms with Gasteiger partial charge in [-0.3, -0.25) is 4.79 Å². The van der Waals surface area contributed by atoms with Crippen molar-refractivity contribution in [3.05, 3.63) is 60.0 Å². The van der Waals surface area contributed by atoms with Gasteiger partial charge in [0.15, 0.2) is 11.5 Å². The second-order valence-electron chi connectivity index (χ2n) is 6.70. The lowest BCUT2D eigenvalue weighted by molar-refractivity contribution is 0.0946. The Balaban J connectivity index is 1.68. The van der Waals surface area contributed by atoms with E-state index in [4.69, 9.17) is 18.6 Å². The number of hydrogen-bond donors (Lipinski definition) is 1. The first-order chi connectivity index (χ1) is 15.2. The molecule has 0 aliphatic heterocycles. The molecule has 0 saturated carbocycles. The standard InChI is InChI=1S/C24H28N2O5/c1-4-13-30-20-10-8-7-9-19(20)23(27)25-15-18-16-31-24(26-18)17-11-12-21(28-5-2)22(14-17)29-6-3/h7-12,14,16H,4-6,13,15H2,1-3H3,(H,25,27). The average molecular weight is 424 g/mol. The molecule has 164 valence electrons. The molecule has 7 nitrogen and oxygen atoms in total. The summed E-state index contributed by atoms with van der Waals surface area (Å²) in [5.74, 6) is 2.10. The van der Waals surface area contributed by atoms with Gasteiger partial charge in [0.1, 0.15) is 12.0 Å². The summed E-state index contributed by atoms with van der Waals surface area (Å²) in [6.45, 7) is 7.73. The van der Waals surface area contributed by atoms with Crippen LogP contribution in [0.25, 0.3) is 11.5 Å². The molecule has 0 aliphatic rings. The number of benzene rings is 2. The van der Waals surface area contributed by atoms with Crippen molar-refractivity contribution in [3.63, 3.8) is 0 Å². The fourth-order valence-corrected chi connectivity index (χ4v) is 2.96. The lowest BCUT2D eigenvalue weighted by Crippen LogP contribution is -2.23. The van der Waals surface area contributed by atoms with Crippen LogP contribution < -0.4 is 19.5 Å². The Labute approximate surface area is 182 Å². The van der Waals surface area contributed by atoms with Gasteiger partial charge in [0.2, 0.25) is 5.89 Å². The van der Waals surface area contributed by atoms with Crippen LogP contribution in [-0.4, -0.2) is 30.7 Å². The third-order valence-corrected chi connectivity index (χ3v) is 4.37. The molecular weight excluding hydrogens is 396 g/mol. The van der Waals surface area contributed by atoms with E-state index in [-0.39, 0.29) is 12.5 Å². The minimum atomic E-state index is -0.226. The number of carbonyl (C=O) groups excluding carboxylic acids is 1. The minimum Gasteiger partial charge on any atom is -0.493 e. The number of ether oxygens (including phenoxy) is 3. The van der Waals surface area contributed by atoms with Gasteiger partial charge in [-0.2, -0.15) is 0 Å². The first kappa shape index (κ1) is 22.2. The molecule has 3 aromatic rings. The second-order valence-corrected chi connectivity index (χ2v) is 6.70. The van der Waals surface area contributed by atoms with Crippen molar-refractivity contribution in [2.45, 2.75) is 33.7 Å². The molecule has 7 heteroatoms. The molecule has 0 spiro atoms. The van der Waals surface area contributed by atoms with Crippen LogP contribution in [0.5, 0.6) is 17.2 Å². The van der Waals surface area contributed by atoms with Crippen LogP contribution in [0.2, 0.25) is 0 Å². The van der Waals surface area contributed by atoms with E-state index < -0.39 is 0 Å².